The van der Waals surface area contributed by atoms with Gasteiger partial charge in [0.25, 0.3) is 0 Å². The van der Waals surface area contributed by atoms with Crippen molar-refractivity contribution in [3.8, 4) is 0 Å². The molecule has 1 aliphatic heterocycles. The van der Waals surface area contributed by atoms with Crippen molar-refractivity contribution in [3.05, 3.63) is 0 Å². The van der Waals surface area contributed by atoms with Gasteiger partial charge in [-0.1, -0.05) is 5.16 Å². The number of oxime groups is 1. The van der Waals surface area contributed by atoms with Crippen LogP contribution < -0.4 is 5.43 Å². The van der Waals surface area contributed by atoms with E-state index >= 15 is 0 Å². The highest BCUT2D eigenvalue weighted by Gasteiger charge is 2.11. The van der Waals surface area contributed by atoms with Crippen molar-refractivity contribution >= 4 is 28.0 Å². The largest absolute Gasteiger partial charge is 0.399 e. The standard InChI is InChI=1S/C5H7N3O2S/c1-10-7-2-4-5(11-9)3-6-8-4/h2,6H,3H2,1H3. The maximum Gasteiger partial charge on any atom is 0.123 e. The first-order chi connectivity index (χ1) is 5.38. The molecule has 0 aliphatic carbocycles. The lowest BCUT2D eigenvalue weighted by molar-refractivity contribution is 0.216. The SMILES string of the molecule is CON=CC1=NNCC1=S=O. The fourth-order valence-corrected chi connectivity index (χ4v) is 0.932. The minimum absolute atomic E-state index is 0.418. The van der Waals surface area contributed by atoms with Crippen LogP contribution in [0.2, 0.25) is 0 Å². The van der Waals surface area contributed by atoms with E-state index in [1.807, 2.05) is 0 Å². The molecule has 1 heterocycles. The van der Waals surface area contributed by atoms with Gasteiger partial charge in [-0.15, -0.1) is 0 Å². The summed E-state index contributed by atoms with van der Waals surface area (Å²) >= 11 is 0.418. The Kier molecular flexibility index (Phi) is 2.79. The molecule has 5 nitrogen and oxygen atoms in total. The smallest absolute Gasteiger partial charge is 0.123 e. The zero-order chi connectivity index (χ0) is 8.10. The van der Waals surface area contributed by atoms with Gasteiger partial charge < -0.3 is 10.3 Å². The van der Waals surface area contributed by atoms with Crippen molar-refractivity contribution < 1.29 is 9.05 Å². The van der Waals surface area contributed by atoms with Crippen molar-refractivity contribution in [1.82, 2.24) is 5.43 Å². The van der Waals surface area contributed by atoms with Gasteiger partial charge in [-0.25, -0.2) is 4.21 Å². The van der Waals surface area contributed by atoms with E-state index in [-0.39, 0.29) is 0 Å². The van der Waals surface area contributed by atoms with Gasteiger partial charge in [-0.3, -0.25) is 0 Å². The summed E-state index contributed by atoms with van der Waals surface area (Å²) < 4.78 is 10.4. The van der Waals surface area contributed by atoms with Crippen LogP contribution in [0.1, 0.15) is 0 Å². The molecule has 0 atom stereocenters. The van der Waals surface area contributed by atoms with Crippen LogP contribution in [0, 0.1) is 0 Å². The molecule has 0 saturated heterocycles. The third kappa shape index (κ3) is 1.87. The fraction of sp³-hybridized carbons (Fsp3) is 0.400. The second-order valence-electron chi connectivity index (χ2n) is 1.76. The third-order valence-corrected chi connectivity index (χ3v) is 1.66. The summed E-state index contributed by atoms with van der Waals surface area (Å²) in [6.07, 6.45) is 1.40. The predicted octanol–water partition coefficient (Wildman–Crippen LogP) is -1.04. The first kappa shape index (κ1) is 7.93. The van der Waals surface area contributed by atoms with Gasteiger partial charge in [0.05, 0.1) is 28.9 Å². The molecule has 0 aromatic rings. The summed E-state index contributed by atoms with van der Waals surface area (Å²) in [6, 6.07) is 0. The molecule has 1 rings (SSSR count). The van der Waals surface area contributed by atoms with Gasteiger partial charge in [0.1, 0.15) is 12.8 Å². The number of nitrogens with one attached hydrogen (secondary N) is 1. The Labute approximate surface area is 67.2 Å². The quantitative estimate of drug-likeness (QED) is 0.330. The first-order valence-corrected chi connectivity index (χ1v) is 3.65. The van der Waals surface area contributed by atoms with Crippen LogP contribution in [0.5, 0.6) is 0 Å². The molecule has 1 N–H and O–H groups in total. The second kappa shape index (κ2) is 3.87. The molecule has 1 aliphatic rings. The molecule has 6 heteroatoms. The van der Waals surface area contributed by atoms with Crippen LogP contribution in [0.4, 0.5) is 0 Å². The fourth-order valence-electron chi connectivity index (χ4n) is 0.625. The molecule has 0 spiro atoms. The Bertz CT molecular complexity index is 254. The number of nitrogens with zero attached hydrogens (tertiary/aromatic N) is 2. The summed E-state index contributed by atoms with van der Waals surface area (Å²) in [5.41, 5.74) is 3.21. The van der Waals surface area contributed by atoms with E-state index in [4.69, 9.17) is 0 Å². The Balaban J connectivity index is 2.71. The van der Waals surface area contributed by atoms with Crippen molar-refractivity contribution in [2.45, 2.75) is 0 Å². The van der Waals surface area contributed by atoms with Gasteiger partial charge in [-0.05, 0) is 0 Å². The minimum atomic E-state index is 0.418. The van der Waals surface area contributed by atoms with E-state index in [1.165, 1.54) is 13.3 Å². The molecular formula is C5H7N3O2S. The van der Waals surface area contributed by atoms with Crippen LogP contribution in [0.25, 0.3) is 0 Å². The van der Waals surface area contributed by atoms with Crippen molar-refractivity contribution in [2.24, 2.45) is 10.3 Å². The molecule has 0 amide bonds. The van der Waals surface area contributed by atoms with Crippen LogP contribution in [-0.2, 0) is 16.1 Å². The molecule has 0 aromatic carbocycles. The lowest BCUT2D eigenvalue weighted by Crippen LogP contribution is -2.15. The van der Waals surface area contributed by atoms with E-state index in [2.05, 4.69) is 20.5 Å². The van der Waals surface area contributed by atoms with Crippen molar-refractivity contribution in [2.75, 3.05) is 13.7 Å². The zero-order valence-corrected chi connectivity index (χ0v) is 6.72. The number of hydrazone groups is 1. The topological polar surface area (TPSA) is 63.1 Å². The lowest BCUT2D eigenvalue weighted by atomic mass is 10.3. The molecule has 0 saturated carbocycles. The molecule has 11 heavy (non-hydrogen) atoms. The Morgan fingerprint density at radius 3 is 3.36 bits per heavy atom. The number of rotatable bonds is 2. The van der Waals surface area contributed by atoms with Gasteiger partial charge in [0.15, 0.2) is 0 Å². The monoisotopic (exact) mass is 173 g/mol. The highest BCUT2D eigenvalue weighted by atomic mass is 32.1. The minimum Gasteiger partial charge on any atom is -0.399 e. The number of hydrogen-bond acceptors (Lipinski definition) is 5. The van der Waals surface area contributed by atoms with E-state index in [0.29, 0.717) is 28.4 Å². The van der Waals surface area contributed by atoms with Crippen LogP contribution >= 0.6 is 0 Å². The summed E-state index contributed by atoms with van der Waals surface area (Å²) in [6.45, 7) is 0.485. The zero-order valence-electron chi connectivity index (χ0n) is 5.90. The average molecular weight is 173 g/mol. The van der Waals surface area contributed by atoms with Gasteiger partial charge >= 0.3 is 0 Å². The Hall–Kier alpha value is -1.17. The van der Waals surface area contributed by atoms with Gasteiger partial charge in [0.2, 0.25) is 0 Å². The normalized spacial score (nSPS) is 16.5. The molecule has 60 valence electrons. The van der Waals surface area contributed by atoms with E-state index in [1.54, 1.807) is 0 Å². The summed E-state index contributed by atoms with van der Waals surface area (Å²) in [5, 5.41) is 7.29. The van der Waals surface area contributed by atoms with E-state index < -0.39 is 0 Å². The molecule has 0 unspecified atom stereocenters. The molecular weight excluding hydrogens is 166 g/mol. The highest BCUT2D eigenvalue weighted by Crippen LogP contribution is 1.86. The average Bonchev–Trinajstić information content (AvgIpc) is 2.47. The van der Waals surface area contributed by atoms with Gasteiger partial charge in [-0.2, -0.15) is 5.10 Å². The summed E-state index contributed by atoms with van der Waals surface area (Å²) in [4.78, 5) is 5.06. The highest BCUT2D eigenvalue weighted by molar-refractivity contribution is 7.69. The molecule has 0 aromatic heterocycles. The predicted molar refractivity (Wildman–Crippen MR) is 44.1 cm³/mol. The molecule has 0 bridgehead atoms. The van der Waals surface area contributed by atoms with Crippen LogP contribution in [0.15, 0.2) is 10.3 Å². The third-order valence-electron chi connectivity index (χ3n) is 1.11. The molecule has 0 radical (unpaired) electrons. The maximum absolute atomic E-state index is 10.4. The summed E-state index contributed by atoms with van der Waals surface area (Å²) in [5.74, 6) is 0. The number of hydrogen-bond donors (Lipinski definition) is 1. The first-order valence-electron chi connectivity index (χ1n) is 2.91. The second-order valence-corrected chi connectivity index (χ2v) is 2.41. The van der Waals surface area contributed by atoms with E-state index in [9.17, 15) is 4.21 Å². The maximum atomic E-state index is 10.4. The van der Waals surface area contributed by atoms with Crippen molar-refractivity contribution in [3.63, 3.8) is 0 Å². The Morgan fingerprint density at radius 1 is 1.91 bits per heavy atom. The van der Waals surface area contributed by atoms with Gasteiger partial charge in [0, 0.05) is 0 Å². The van der Waals surface area contributed by atoms with Crippen LogP contribution in [-0.4, -0.2) is 34.7 Å². The summed E-state index contributed by atoms with van der Waals surface area (Å²) in [7, 11) is 1.43. The van der Waals surface area contributed by atoms with E-state index in [0.717, 1.165) is 0 Å². The lowest BCUT2D eigenvalue weighted by Gasteiger charge is -1.86. The van der Waals surface area contributed by atoms with Crippen LogP contribution in [0.3, 0.4) is 0 Å². The van der Waals surface area contributed by atoms with Crippen molar-refractivity contribution in [1.29, 1.82) is 0 Å². The Morgan fingerprint density at radius 2 is 2.73 bits per heavy atom. The molecule has 0 fully saturated rings.